The van der Waals surface area contributed by atoms with E-state index in [9.17, 15) is 9.90 Å². The summed E-state index contributed by atoms with van der Waals surface area (Å²) in [7, 11) is 0. The summed E-state index contributed by atoms with van der Waals surface area (Å²) in [6.45, 7) is 9.78. The van der Waals surface area contributed by atoms with Crippen molar-refractivity contribution in [2.75, 3.05) is 25.0 Å². The Morgan fingerprint density at radius 3 is 2.56 bits per heavy atom. The number of fused-ring (bicyclic) bond motifs is 2. The summed E-state index contributed by atoms with van der Waals surface area (Å²) in [6.07, 6.45) is 0. The first kappa shape index (κ1) is 21.6. The molecule has 27 heavy (non-hydrogen) atoms. The Labute approximate surface area is 170 Å². The standard InChI is InChI=1S/C21H26N2O2S.ClH/c1-5-23(21(3,4)25)13-12-22-16-11-10-14(2)20-18(16)19(24)15-8-6-7-9-17(15)26-20;/h6-11,22,25H,5,12-13H2,1-4H3;1H. The van der Waals surface area contributed by atoms with Gasteiger partial charge in [0.05, 0.1) is 5.39 Å². The van der Waals surface area contributed by atoms with Gasteiger partial charge < -0.3 is 10.4 Å². The van der Waals surface area contributed by atoms with Crippen LogP contribution in [-0.2, 0) is 0 Å². The largest absolute Gasteiger partial charge is 0.383 e. The lowest BCUT2D eigenvalue weighted by Crippen LogP contribution is -2.45. The predicted molar refractivity (Wildman–Crippen MR) is 120 cm³/mol. The third-order valence-electron chi connectivity index (χ3n) is 4.78. The average molecular weight is 407 g/mol. The minimum Gasteiger partial charge on any atom is -0.383 e. The molecule has 0 atom stereocenters. The number of hydrogen-bond donors (Lipinski definition) is 2. The minimum atomic E-state index is -0.853. The second kappa shape index (κ2) is 8.57. The van der Waals surface area contributed by atoms with Crippen LogP contribution < -0.4 is 10.7 Å². The molecule has 0 saturated carbocycles. The Hall–Kier alpha value is -1.66. The number of aliphatic hydroxyl groups is 1. The van der Waals surface area contributed by atoms with Gasteiger partial charge in [-0.3, -0.25) is 9.69 Å². The molecule has 3 aromatic rings. The van der Waals surface area contributed by atoms with Gasteiger partial charge in [0.2, 0.25) is 0 Å². The van der Waals surface area contributed by atoms with Crippen LogP contribution in [0, 0.1) is 6.92 Å². The SMILES string of the molecule is CCN(CCNc1ccc(C)c2sc3ccccc3c(=O)c12)C(C)(C)O.Cl. The molecule has 1 aromatic heterocycles. The van der Waals surface area contributed by atoms with Crippen LogP contribution in [0.5, 0.6) is 0 Å². The van der Waals surface area contributed by atoms with E-state index in [2.05, 4.69) is 11.4 Å². The fourth-order valence-corrected chi connectivity index (χ4v) is 4.49. The van der Waals surface area contributed by atoms with Crippen LogP contribution in [0.15, 0.2) is 41.2 Å². The molecule has 0 aliphatic rings. The van der Waals surface area contributed by atoms with Gasteiger partial charge in [-0.25, -0.2) is 0 Å². The zero-order valence-electron chi connectivity index (χ0n) is 16.2. The topological polar surface area (TPSA) is 52.6 Å². The van der Waals surface area contributed by atoms with E-state index in [-0.39, 0.29) is 17.8 Å². The molecule has 0 aliphatic carbocycles. The molecule has 0 radical (unpaired) electrons. The van der Waals surface area contributed by atoms with Crippen molar-refractivity contribution in [3.05, 3.63) is 52.2 Å². The van der Waals surface area contributed by atoms with Gasteiger partial charge in [-0.2, -0.15) is 0 Å². The molecule has 0 saturated heterocycles. The van der Waals surface area contributed by atoms with E-state index in [1.807, 2.05) is 49.1 Å². The Bertz CT molecular complexity index is 995. The lowest BCUT2D eigenvalue weighted by atomic mass is 10.1. The number of likely N-dealkylation sites (N-methyl/N-ethyl adjacent to an activating group) is 1. The number of hydrogen-bond acceptors (Lipinski definition) is 5. The van der Waals surface area contributed by atoms with E-state index in [1.165, 1.54) is 0 Å². The highest BCUT2D eigenvalue weighted by molar-refractivity contribution is 7.24. The highest BCUT2D eigenvalue weighted by Gasteiger charge is 2.21. The van der Waals surface area contributed by atoms with Crippen LogP contribution in [0.25, 0.3) is 20.2 Å². The molecule has 6 heteroatoms. The average Bonchev–Trinajstić information content (AvgIpc) is 2.60. The molecule has 146 valence electrons. The zero-order chi connectivity index (χ0) is 18.9. The van der Waals surface area contributed by atoms with E-state index >= 15 is 0 Å². The van der Waals surface area contributed by atoms with E-state index in [1.54, 1.807) is 25.2 Å². The number of nitrogens with zero attached hydrogens (tertiary/aromatic N) is 1. The quantitative estimate of drug-likeness (QED) is 0.463. The molecule has 0 fully saturated rings. The summed E-state index contributed by atoms with van der Waals surface area (Å²) in [5.41, 5.74) is 1.21. The number of anilines is 1. The van der Waals surface area contributed by atoms with E-state index in [0.29, 0.717) is 13.1 Å². The van der Waals surface area contributed by atoms with E-state index < -0.39 is 5.72 Å². The molecule has 0 bridgehead atoms. The van der Waals surface area contributed by atoms with E-state index in [0.717, 1.165) is 38.0 Å². The molecule has 4 nitrogen and oxygen atoms in total. The zero-order valence-corrected chi connectivity index (χ0v) is 17.8. The first-order valence-electron chi connectivity index (χ1n) is 8.99. The van der Waals surface area contributed by atoms with Crippen LogP contribution in [0.4, 0.5) is 5.69 Å². The number of halogens is 1. The van der Waals surface area contributed by atoms with Gasteiger partial charge in [0, 0.05) is 33.6 Å². The predicted octanol–water partition coefficient (Wildman–Crippen LogP) is 4.61. The normalized spacial score (nSPS) is 11.8. The van der Waals surface area contributed by atoms with Crippen LogP contribution in [0.1, 0.15) is 26.3 Å². The molecule has 0 unspecified atom stereocenters. The highest BCUT2D eigenvalue weighted by Crippen LogP contribution is 2.31. The molecule has 0 spiro atoms. The summed E-state index contributed by atoms with van der Waals surface area (Å²) in [5, 5.41) is 15.1. The van der Waals surface area contributed by atoms with Gasteiger partial charge in [0.15, 0.2) is 5.43 Å². The van der Waals surface area contributed by atoms with Crippen molar-refractivity contribution in [1.82, 2.24) is 4.90 Å². The van der Waals surface area contributed by atoms with Crippen molar-refractivity contribution in [2.45, 2.75) is 33.4 Å². The molecule has 1 heterocycles. The van der Waals surface area contributed by atoms with Crippen molar-refractivity contribution in [3.8, 4) is 0 Å². The smallest absolute Gasteiger partial charge is 0.197 e. The van der Waals surface area contributed by atoms with Crippen molar-refractivity contribution in [3.63, 3.8) is 0 Å². The number of benzene rings is 2. The van der Waals surface area contributed by atoms with Crippen molar-refractivity contribution >= 4 is 49.6 Å². The molecule has 2 aromatic carbocycles. The van der Waals surface area contributed by atoms with Crippen LogP contribution >= 0.6 is 23.7 Å². The van der Waals surface area contributed by atoms with Crippen LogP contribution in [0.3, 0.4) is 0 Å². The fourth-order valence-electron chi connectivity index (χ4n) is 3.32. The summed E-state index contributed by atoms with van der Waals surface area (Å²) in [6, 6.07) is 11.8. The number of aryl methyl sites for hydroxylation is 1. The maximum atomic E-state index is 13.1. The minimum absolute atomic E-state index is 0. The number of nitrogens with one attached hydrogen (secondary N) is 1. The van der Waals surface area contributed by atoms with Gasteiger partial charge in [0.1, 0.15) is 5.72 Å². The van der Waals surface area contributed by atoms with Gasteiger partial charge >= 0.3 is 0 Å². The Morgan fingerprint density at radius 2 is 1.89 bits per heavy atom. The first-order valence-corrected chi connectivity index (χ1v) is 9.81. The third kappa shape index (κ3) is 4.43. The molecular weight excluding hydrogens is 380 g/mol. The van der Waals surface area contributed by atoms with Crippen molar-refractivity contribution < 1.29 is 5.11 Å². The van der Waals surface area contributed by atoms with Gasteiger partial charge in [-0.15, -0.1) is 23.7 Å². The highest BCUT2D eigenvalue weighted by atomic mass is 35.5. The maximum absolute atomic E-state index is 13.1. The monoisotopic (exact) mass is 406 g/mol. The van der Waals surface area contributed by atoms with Crippen LogP contribution in [-0.4, -0.2) is 35.4 Å². The summed E-state index contributed by atoms with van der Waals surface area (Å²) in [5.74, 6) is 0. The second-order valence-corrected chi connectivity index (χ2v) is 8.11. The second-order valence-electron chi connectivity index (χ2n) is 7.06. The van der Waals surface area contributed by atoms with Crippen molar-refractivity contribution in [2.24, 2.45) is 0 Å². The molecular formula is C21H27ClN2O2S. The number of rotatable bonds is 6. The fraction of sp³-hybridized carbons (Fsp3) is 0.381. The molecule has 3 rings (SSSR count). The summed E-state index contributed by atoms with van der Waals surface area (Å²) >= 11 is 1.66. The lowest BCUT2D eigenvalue weighted by molar-refractivity contribution is -0.0732. The molecule has 0 aliphatic heterocycles. The first-order chi connectivity index (χ1) is 12.3. The van der Waals surface area contributed by atoms with Gasteiger partial charge in [0.25, 0.3) is 0 Å². The van der Waals surface area contributed by atoms with Gasteiger partial charge in [-0.1, -0.05) is 25.1 Å². The lowest BCUT2D eigenvalue weighted by Gasteiger charge is -2.33. The van der Waals surface area contributed by atoms with Crippen molar-refractivity contribution in [1.29, 1.82) is 0 Å². The molecule has 2 N–H and O–H groups in total. The Kier molecular flexibility index (Phi) is 6.87. The van der Waals surface area contributed by atoms with E-state index in [4.69, 9.17) is 0 Å². The van der Waals surface area contributed by atoms with Crippen LogP contribution in [0.2, 0.25) is 0 Å². The Morgan fingerprint density at radius 1 is 1.19 bits per heavy atom. The maximum Gasteiger partial charge on any atom is 0.197 e. The molecule has 0 amide bonds. The Balaban J connectivity index is 0.00000261. The third-order valence-corrected chi connectivity index (χ3v) is 6.08. The summed E-state index contributed by atoms with van der Waals surface area (Å²) in [4.78, 5) is 15.1. The van der Waals surface area contributed by atoms with Gasteiger partial charge in [-0.05, 0) is 51.1 Å². The summed E-state index contributed by atoms with van der Waals surface area (Å²) < 4.78 is 2.05.